The Morgan fingerprint density at radius 3 is 2.86 bits per heavy atom. The predicted molar refractivity (Wildman–Crippen MR) is 82.5 cm³/mol. The Kier molecular flexibility index (Phi) is 3.62. The lowest BCUT2D eigenvalue weighted by Crippen LogP contribution is -2.15. The van der Waals surface area contributed by atoms with Crippen LogP contribution < -0.4 is 5.32 Å². The second-order valence-corrected chi connectivity index (χ2v) is 5.19. The van der Waals surface area contributed by atoms with Gasteiger partial charge in [-0.15, -0.1) is 0 Å². The smallest absolute Gasteiger partial charge is 0.230 e. The summed E-state index contributed by atoms with van der Waals surface area (Å²) in [6.45, 7) is 1.95. The number of aryl methyl sites for hydroxylation is 1. The Morgan fingerprint density at radius 1 is 1.24 bits per heavy atom. The second-order valence-electron chi connectivity index (χ2n) is 4.79. The van der Waals surface area contributed by atoms with Crippen LogP contribution in [0.5, 0.6) is 0 Å². The number of hydrogen-bond acceptors (Lipinski definition) is 3. The molecule has 4 nitrogen and oxygen atoms in total. The van der Waals surface area contributed by atoms with Crippen LogP contribution >= 0.6 is 11.6 Å². The minimum absolute atomic E-state index is 0.141. The van der Waals surface area contributed by atoms with Gasteiger partial charge in [-0.25, -0.2) is 0 Å². The zero-order valence-corrected chi connectivity index (χ0v) is 12.1. The maximum Gasteiger partial charge on any atom is 0.230 e. The van der Waals surface area contributed by atoms with Crippen LogP contribution in [-0.4, -0.2) is 11.1 Å². The van der Waals surface area contributed by atoms with Gasteiger partial charge in [-0.1, -0.05) is 41.0 Å². The Balaban J connectivity index is 1.81. The molecule has 1 amide bonds. The highest BCUT2D eigenvalue weighted by atomic mass is 35.5. The first-order chi connectivity index (χ1) is 10.1. The number of carbonyl (C=O) groups is 1. The average molecular weight is 301 g/mol. The van der Waals surface area contributed by atoms with Gasteiger partial charge >= 0.3 is 0 Å². The summed E-state index contributed by atoms with van der Waals surface area (Å²) in [4.78, 5) is 12.1. The van der Waals surface area contributed by atoms with E-state index in [-0.39, 0.29) is 12.3 Å². The summed E-state index contributed by atoms with van der Waals surface area (Å²) < 4.78 is 5.30. The number of amides is 1. The predicted octanol–water partition coefficient (Wildman–Crippen LogP) is 3.97. The third kappa shape index (κ3) is 2.76. The molecule has 0 saturated heterocycles. The Hall–Kier alpha value is -2.33. The van der Waals surface area contributed by atoms with E-state index in [9.17, 15) is 4.79 Å². The minimum Gasteiger partial charge on any atom is -0.356 e. The molecule has 0 aliphatic carbocycles. The van der Waals surface area contributed by atoms with E-state index in [1.807, 2.05) is 37.3 Å². The molecule has 21 heavy (non-hydrogen) atoms. The van der Waals surface area contributed by atoms with Crippen LogP contribution in [0.25, 0.3) is 11.0 Å². The lowest BCUT2D eigenvalue weighted by molar-refractivity contribution is -0.115. The molecule has 1 N–H and O–H groups in total. The molecule has 0 fully saturated rings. The molecule has 3 rings (SSSR count). The topological polar surface area (TPSA) is 55.1 Å². The third-order valence-electron chi connectivity index (χ3n) is 3.25. The number of rotatable bonds is 3. The third-order valence-corrected chi connectivity index (χ3v) is 3.58. The van der Waals surface area contributed by atoms with E-state index in [0.717, 1.165) is 16.5 Å². The van der Waals surface area contributed by atoms with Crippen molar-refractivity contribution < 1.29 is 9.32 Å². The van der Waals surface area contributed by atoms with E-state index in [4.69, 9.17) is 16.1 Å². The zero-order valence-electron chi connectivity index (χ0n) is 11.4. The molecule has 0 aliphatic heterocycles. The fourth-order valence-corrected chi connectivity index (χ4v) is 2.37. The summed E-state index contributed by atoms with van der Waals surface area (Å²) in [6.07, 6.45) is 0.141. The van der Waals surface area contributed by atoms with Crippen molar-refractivity contribution in [2.45, 2.75) is 13.3 Å². The molecule has 1 heterocycles. The quantitative estimate of drug-likeness (QED) is 0.796. The van der Waals surface area contributed by atoms with E-state index in [2.05, 4.69) is 10.5 Å². The van der Waals surface area contributed by atoms with Gasteiger partial charge in [0.15, 0.2) is 5.58 Å². The number of nitrogens with one attached hydrogen (secondary N) is 1. The molecule has 0 unspecified atom stereocenters. The SMILES string of the molecule is Cc1cccc2c(CC(=O)Nc3ccccc3Cl)noc12. The van der Waals surface area contributed by atoms with Crippen molar-refractivity contribution in [1.82, 2.24) is 5.16 Å². The van der Waals surface area contributed by atoms with Crippen molar-refractivity contribution in [2.75, 3.05) is 5.32 Å². The molecule has 0 spiro atoms. The Labute approximate surface area is 126 Å². The van der Waals surface area contributed by atoms with Crippen molar-refractivity contribution in [3.8, 4) is 0 Å². The number of nitrogens with zero attached hydrogens (tertiary/aromatic N) is 1. The van der Waals surface area contributed by atoms with Gasteiger partial charge in [-0.05, 0) is 30.7 Å². The molecule has 0 bridgehead atoms. The van der Waals surface area contributed by atoms with Crippen LogP contribution in [0, 0.1) is 6.92 Å². The number of carbonyl (C=O) groups excluding carboxylic acids is 1. The van der Waals surface area contributed by atoms with E-state index >= 15 is 0 Å². The van der Waals surface area contributed by atoms with E-state index < -0.39 is 0 Å². The first kappa shape index (κ1) is 13.6. The minimum atomic E-state index is -0.181. The molecule has 0 atom stereocenters. The number of anilines is 1. The van der Waals surface area contributed by atoms with E-state index in [1.165, 1.54) is 0 Å². The van der Waals surface area contributed by atoms with E-state index in [1.54, 1.807) is 12.1 Å². The molecule has 106 valence electrons. The molecule has 3 aromatic rings. The molecule has 0 aliphatic rings. The van der Waals surface area contributed by atoms with Crippen LogP contribution in [0.2, 0.25) is 5.02 Å². The lowest BCUT2D eigenvalue weighted by Gasteiger charge is -2.05. The maximum atomic E-state index is 12.1. The highest BCUT2D eigenvalue weighted by Crippen LogP contribution is 2.23. The molecule has 1 aromatic heterocycles. The zero-order chi connectivity index (χ0) is 14.8. The first-order valence-corrected chi connectivity index (χ1v) is 6.91. The number of para-hydroxylation sites is 2. The normalized spacial score (nSPS) is 10.8. The number of aromatic nitrogens is 1. The molecular formula is C16H13ClN2O2. The number of benzene rings is 2. The second kappa shape index (κ2) is 5.58. The molecule has 2 aromatic carbocycles. The summed E-state index contributed by atoms with van der Waals surface area (Å²) in [5.74, 6) is -0.181. The van der Waals surface area contributed by atoms with Gasteiger partial charge in [0.2, 0.25) is 5.91 Å². The maximum absolute atomic E-state index is 12.1. The van der Waals surface area contributed by atoms with Crippen molar-refractivity contribution in [2.24, 2.45) is 0 Å². The Morgan fingerprint density at radius 2 is 2.05 bits per heavy atom. The van der Waals surface area contributed by atoms with Gasteiger partial charge < -0.3 is 9.84 Å². The summed E-state index contributed by atoms with van der Waals surface area (Å²) in [5.41, 5.74) is 2.93. The van der Waals surface area contributed by atoms with Gasteiger partial charge in [-0.3, -0.25) is 4.79 Å². The number of hydrogen-bond donors (Lipinski definition) is 1. The van der Waals surface area contributed by atoms with Crippen molar-refractivity contribution in [1.29, 1.82) is 0 Å². The summed E-state index contributed by atoms with van der Waals surface area (Å²) in [6, 6.07) is 12.9. The fourth-order valence-electron chi connectivity index (χ4n) is 2.19. The average Bonchev–Trinajstić information content (AvgIpc) is 2.86. The van der Waals surface area contributed by atoms with Gasteiger partial charge in [0, 0.05) is 5.39 Å². The van der Waals surface area contributed by atoms with Crippen molar-refractivity contribution >= 4 is 34.2 Å². The standard InChI is InChI=1S/C16H13ClN2O2/c1-10-5-4-6-11-14(19-21-16(10)11)9-15(20)18-13-8-3-2-7-12(13)17/h2-8H,9H2,1H3,(H,18,20). The van der Waals surface area contributed by atoms with Crippen molar-refractivity contribution in [3.05, 3.63) is 58.7 Å². The van der Waals surface area contributed by atoms with E-state index in [0.29, 0.717) is 16.4 Å². The first-order valence-electron chi connectivity index (χ1n) is 6.53. The fraction of sp³-hybridized carbons (Fsp3) is 0.125. The van der Waals surface area contributed by atoms with Crippen LogP contribution in [-0.2, 0) is 11.2 Å². The monoisotopic (exact) mass is 300 g/mol. The van der Waals surface area contributed by atoms with Gasteiger partial charge in [-0.2, -0.15) is 0 Å². The molecule has 5 heteroatoms. The summed E-state index contributed by atoms with van der Waals surface area (Å²) in [5, 5.41) is 8.14. The van der Waals surface area contributed by atoms with Crippen LogP contribution in [0.4, 0.5) is 5.69 Å². The summed E-state index contributed by atoms with van der Waals surface area (Å²) >= 11 is 6.02. The van der Waals surface area contributed by atoms with Crippen LogP contribution in [0.3, 0.4) is 0 Å². The Bertz CT molecular complexity index is 811. The highest BCUT2D eigenvalue weighted by molar-refractivity contribution is 6.33. The number of halogens is 1. The largest absolute Gasteiger partial charge is 0.356 e. The van der Waals surface area contributed by atoms with Gasteiger partial charge in [0.05, 0.1) is 17.1 Å². The van der Waals surface area contributed by atoms with Crippen molar-refractivity contribution in [3.63, 3.8) is 0 Å². The molecular weight excluding hydrogens is 288 g/mol. The molecule has 0 radical (unpaired) electrons. The van der Waals surface area contributed by atoms with Crippen LogP contribution in [0.1, 0.15) is 11.3 Å². The van der Waals surface area contributed by atoms with Gasteiger partial charge in [0.25, 0.3) is 0 Å². The highest BCUT2D eigenvalue weighted by Gasteiger charge is 2.14. The number of fused-ring (bicyclic) bond motifs is 1. The lowest BCUT2D eigenvalue weighted by atomic mass is 10.1. The summed E-state index contributed by atoms with van der Waals surface area (Å²) in [7, 11) is 0. The van der Waals surface area contributed by atoms with Crippen LogP contribution in [0.15, 0.2) is 47.0 Å². The molecule has 0 saturated carbocycles. The van der Waals surface area contributed by atoms with Gasteiger partial charge in [0.1, 0.15) is 5.69 Å².